The lowest BCUT2D eigenvalue weighted by molar-refractivity contribution is -0.153. The van der Waals surface area contributed by atoms with Crippen LogP contribution in [0.2, 0.25) is 0 Å². The van der Waals surface area contributed by atoms with Crippen LogP contribution in [-0.2, 0) is 14.3 Å². The molecule has 2 unspecified atom stereocenters. The molecule has 2 amide bonds. The maximum Gasteiger partial charge on any atom is 0.410 e. The predicted molar refractivity (Wildman–Crippen MR) is 137 cm³/mol. The van der Waals surface area contributed by atoms with Crippen molar-refractivity contribution in [3.63, 3.8) is 0 Å². The fourth-order valence-corrected chi connectivity index (χ4v) is 6.25. The molecule has 5 rings (SSSR count). The molecule has 3 aliphatic rings. The van der Waals surface area contributed by atoms with E-state index in [1.54, 1.807) is 4.90 Å². The molecule has 2 fully saturated rings. The van der Waals surface area contributed by atoms with E-state index in [1.165, 1.54) is 0 Å². The molecule has 2 heterocycles. The molecule has 2 atom stereocenters. The number of hydrogen-bond donors (Lipinski definition) is 2. The van der Waals surface area contributed by atoms with Crippen molar-refractivity contribution >= 4 is 18.2 Å². The molecule has 2 aliphatic heterocycles. The molecular weight excluding hydrogens is 472 g/mol. The second-order valence-corrected chi connectivity index (χ2v) is 11.4. The molecule has 1 aliphatic carbocycles. The highest BCUT2D eigenvalue weighted by molar-refractivity contribution is 5.80. The summed E-state index contributed by atoms with van der Waals surface area (Å²) in [4.78, 5) is 39.6. The van der Waals surface area contributed by atoms with Crippen LogP contribution in [0.25, 0.3) is 11.1 Å². The first-order valence-electron chi connectivity index (χ1n) is 12.9. The number of amides is 2. The van der Waals surface area contributed by atoms with Gasteiger partial charge < -0.3 is 24.8 Å². The van der Waals surface area contributed by atoms with Gasteiger partial charge in [0.05, 0.1) is 5.41 Å². The highest BCUT2D eigenvalue weighted by atomic mass is 16.6. The number of ether oxygens (including phenoxy) is 2. The van der Waals surface area contributed by atoms with Gasteiger partial charge in [-0.15, -0.1) is 0 Å². The summed E-state index contributed by atoms with van der Waals surface area (Å²) in [6, 6.07) is 15.7. The molecule has 2 bridgehead atoms. The Kier molecular flexibility index (Phi) is 6.38. The summed E-state index contributed by atoms with van der Waals surface area (Å²) >= 11 is 0. The number of nitrogens with one attached hydrogen (secondary N) is 1. The lowest BCUT2D eigenvalue weighted by Crippen LogP contribution is -2.57. The van der Waals surface area contributed by atoms with Gasteiger partial charge in [0, 0.05) is 24.5 Å². The number of carboxylic acids is 1. The minimum absolute atomic E-state index is 0.0475. The largest absolute Gasteiger partial charge is 0.481 e. The molecule has 0 aromatic heterocycles. The number of nitrogens with zero attached hydrogens (tertiary/aromatic N) is 1. The molecular formula is C29H34N2O6. The van der Waals surface area contributed by atoms with E-state index >= 15 is 0 Å². The van der Waals surface area contributed by atoms with Gasteiger partial charge in [0.15, 0.2) is 0 Å². The monoisotopic (exact) mass is 506 g/mol. The summed E-state index contributed by atoms with van der Waals surface area (Å²) in [5.41, 5.74) is 2.74. The van der Waals surface area contributed by atoms with Crippen LogP contribution in [0, 0.1) is 5.41 Å². The molecule has 8 heteroatoms. The van der Waals surface area contributed by atoms with Crippen LogP contribution in [-0.4, -0.2) is 59.0 Å². The zero-order valence-electron chi connectivity index (χ0n) is 21.5. The summed E-state index contributed by atoms with van der Waals surface area (Å²) in [5, 5.41) is 12.9. The first kappa shape index (κ1) is 25.1. The number of alkyl carbamates (subject to hydrolysis) is 1. The van der Waals surface area contributed by atoms with Gasteiger partial charge in [0.1, 0.15) is 12.2 Å². The fourth-order valence-electron chi connectivity index (χ4n) is 6.25. The normalized spacial score (nSPS) is 24.2. The number of aliphatic carboxylic acids is 1. The lowest BCUT2D eigenvalue weighted by atomic mass is 9.74. The SMILES string of the molecule is CC(C)(C)OC(=O)N1C2CCC1CC(CNC(=O)OCC1c3ccccc3-c3ccccc31)(C(=O)O)C2. The van der Waals surface area contributed by atoms with Gasteiger partial charge in [0.25, 0.3) is 0 Å². The van der Waals surface area contributed by atoms with Crippen LogP contribution in [0.1, 0.15) is 63.5 Å². The number of hydrogen-bond acceptors (Lipinski definition) is 5. The van der Waals surface area contributed by atoms with Gasteiger partial charge >= 0.3 is 18.2 Å². The highest BCUT2D eigenvalue weighted by Gasteiger charge is 2.54. The van der Waals surface area contributed by atoms with E-state index < -0.39 is 29.2 Å². The van der Waals surface area contributed by atoms with Crippen LogP contribution in [0.5, 0.6) is 0 Å². The second kappa shape index (κ2) is 9.39. The van der Waals surface area contributed by atoms with Crippen molar-refractivity contribution in [1.29, 1.82) is 0 Å². The number of rotatable bonds is 5. The quantitative estimate of drug-likeness (QED) is 0.581. The Morgan fingerprint density at radius 1 is 0.973 bits per heavy atom. The number of carboxylic acid groups (broad SMARTS) is 1. The Morgan fingerprint density at radius 2 is 1.51 bits per heavy atom. The minimum Gasteiger partial charge on any atom is -0.481 e. The van der Waals surface area contributed by atoms with Gasteiger partial charge in [-0.3, -0.25) is 4.79 Å². The van der Waals surface area contributed by atoms with E-state index in [-0.39, 0.29) is 44.0 Å². The summed E-state index contributed by atoms with van der Waals surface area (Å²) in [6.45, 7) is 5.57. The van der Waals surface area contributed by atoms with Gasteiger partial charge in [-0.05, 0) is 68.7 Å². The van der Waals surface area contributed by atoms with Crippen LogP contribution in [0.4, 0.5) is 9.59 Å². The second-order valence-electron chi connectivity index (χ2n) is 11.4. The first-order chi connectivity index (χ1) is 17.6. The molecule has 0 saturated carbocycles. The standard InChI is InChI=1S/C29H34N2O6/c1-28(2,3)37-27(35)31-18-12-13-19(31)15-29(14-18,25(32)33)17-30-26(34)36-16-24-22-10-6-4-8-20(22)21-9-5-7-11-23(21)24/h4-11,18-19,24H,12-17H2,1-3H3,(H,30,34)(H,32,33). The predicted octanol–water partition coefficient (Wildman–Crippen LogP) is 5.16. The molecule has 0 spiro atoms. The molecule has 2 aromatic carbocycles. The Labute approximate surface area is 216 Å². The molecule has 2 aromatic rings. The maximum absolute atomic E-state index is 12.8. The summed E-state index contributed by atoms with van der Waals surface area (Å²) < 4.78 is 11.2. The van der Waals surface area contributed by atoms with Crippen LogP contribution in [0.3, 0.4) is 0 Å². The third-order valence-corrected chi connectivity index (χ3v) is 7.85. The summed E-state index contributed by atoms with van der Waals surface area (Å²) in [6.07, 6.45) is 0.949. The van der Waals surface area contributed by atoms with E-state index in [9.17, 15) is 19.5 Å². The minimum atomic E-state index is -1.16. The van der Waals surface area contributed by atoms with E-state index in [1.807, 2.05) is 45.0 Å². The molecule has 2 N–H and O–H groups in total. The maximum atomic E-state index is 12.8. The summed E-state index contributed by atoms with van der Waals surface area (Å²) in [7, 11) is 0. The average molecular weight is 507 g/mol. The first-order valence-corrected chi connectivity index (χ1v) is 12.9. The van der Waals surface area contributed by atoms with Gasteiger partial charge in [-0.1, -0.05) is 48.5 Å². The number of piperidine rings is 1. The van der Waals surface area contributed by atoms with Crippen LogP contribution >= 0.6 is 0 Å². The van der Waals surface area contributed by atoms with Crippen molar-refractivity contribution in [2.45, 2.75) is 70.1 Å². The van der Waals surface area contributed by atoms with E-state index in [2.05, 4.69) is 29.6 Å². The Morgan fingerprint density at radius 3 is 2.03 bits per heavy atom. The zero-order chi connectivity index (χ0) is 26.4. The van der Waals surface area contributed by atoms with E-state index in [0.29, 0.717) is 0 Å². The Balaban J connectivity index is 1.22. The summed E-state index contributed by atoms with van der Waals surface area (Å²) in [5.74, 6) is -1.04. The zero-order valence-corrected chi connectivity index (χ0v) is 21.5. The van der Waals surface area contributed by atoms with Crippen molar-refractivity contribution < 1.29 is 29.0 Å². The Hall–Kier alpha value is -3.55. The third-order valence-electron chi connectivity index (χ3n) is 7.85. The van der Waals surface area contributed by atoms with Crippen molar-refractivity contribution in [3.05, 3.63) is 59.7 Å². The third kappa shape index (κ3) is 4.77. The van der Waals surface area contributed by atoms with Crippen molar-refractivity contribution in [1.82, 2.24) is 10.2 Å². The smallest absolute Gasteiger partial charge is 0.410 e. The van der Waals surface area contributed by atoms with Crippen molar-refractivity contribution in [2.24, 2.45) is 5.41 Å². The van der Waals surface area contributed by atoms with Crippen molar-refractivity contribution in [3.8, 4) is 11.1 Å². The fraction of sp³-hybridized carbons (Fsp3) is 0.483. The number of benzene rings is 2. The molecule has 8 nitrogen and oxygen atoms in total. The van der Waals surface area contributed by atoms with Gasteiger partial charge in [-0.25, -0.2) is 9.59 Å². The number of carbonyl (C=O) groups is 3. The Bertz CT molecular complexity index is 1160. The average Bonchev–Trinajstić information content (AvgIpc) is 3.32. The molecule has 0 radical (unpaired) electrons. The van der Waals surface area contributed by atoms with E-state index in [4.69, 9.17) is 9.47 Å². The number of carbonyl (C=O) groups excluding carboxylic acids is 2. The lowest BCUT2D eigenvalue weighted by Gasteiger charge is -2.44. The van der Waals surface area contributed by atoms with Gasteiger partial charge in [-0.2, -0.15) is 0 Å². The van der Waals surface area contributed by atoms with Gasteiger partial charge in [0.2, 0.25) is 0 Å². The van der Waals surface area contributed by atoms with Crippen molar-refractivity contribution in [2.75, 3.05) is 13.2 Å². The molecule has 2 saturated heterocycles. The van der Waals surface area contributed by atoms with E-state index in [0.717, 1.165) is 35.1 Å². The van der Waals surface area contributed by atoms with Crippen LogP contribution in [0.15, 0.2) is 48.5 Å². The molecule has 196 valence electrons. The molecule has 37 heavy (non-hydrogen) atoms. The van der Waals surface area contributed by atoms with Crippen LogP contribution < -0.4 is 5.32 Å². The highest BCUT2D eigenvalue weighted by Crippen LogP contribution is 2.47. The topological polar surface area (TPSA) is 105 Å². The number of fused-ring (bicyclic) bond motifs is 5.